The van der Waals surface area contributed by atoms with Gasteiger partial charge in [0.05, 0.1) is 19.6 Å². The molecule has 0 saturated carbocycles. The van der Waals surface area contributed by atoms with E-state index < -0.39 is 4.83 Å². The fraction of sp³-hybridized carbons (Fsp3) is 0.857. The van der Waals surface area contributed by atoms with Crippen molar-refractivity contribution >= 4 is 27.9 Å². The molecule has 112 valence electrons. The fourth-order valence-electron chi connectivity index (χ4n) is 1.44. The summed E-state index contributed by atoms with van der Waals surface area (Å²) in [7, 11) is 0. The van der Waals surface area contributed by atoms with Crippen LogP contribution in [0.5, 0.6) is 0 Å². The third-order valence-electron chi connectivity index (χ3n) is 2.60. The fourth-order valence-corrected chi connectivity index (χ4v) is 1.84. The molecule has 0 saturated heterocycles. The van der Waals surface area contributed by atoms with Gasteiger partial charge in [0.1, 0.15) is 4.83 Å². The summed E-state index contributed by atoms with van der Waals surface area (Å²) in [6.07, 6.45) is 6.02. The monoisotopic (exact) mass is 336 g/mol. The van der Waals surface area contributed by atoms with Gasteiger partial charge in [0, 0.05) is 0 Å². The van der Waals surface area contributed by atoms with E-state index in [-0.39, 0.29) is 18.4 Å². The quantitative estimate of drug-likeness (QED) is 0.328. The maximum absolute atomic E-state index is 11.5. The number of hydrogen-bond acceptors (Lipinski definition) is 4. The number of alkyl halides is 1. The predicted molar refractivity (Wildman–Crippen MR) is 78.3 cm³/mol. The van der Waals surface area contributed by atoms with Crippen LogP contribution in [0.1, 0.15) is 58.8 Å². The standard InChI is InChI=1S/C14H25BrO4/c1-3-5-7-9-18-13(16)11-12(15)14(17)19-10-8-6-4-2/h12H,3-11H2,1-2H3. The van der Waals surface area contributed by atoms with Crippen molar-refractivity contribution in [3.63, 3.8) is 0 Å². The molecule has 0 radical (unpaired) electrons. The zero-order valence-electron chi connectivity index (χ0n) is 12.0. The van der Waals surface area contributed by atoms with E-state index >= 15 is 0 Å². The molecule has 0 N–H and O–H groups in total. The number of hydrogen-bond donors (Lipinski definition) is 0. The van der Waals surface area contributed by atoms with Crippen LogP contribution in [0.4, 0.5) is 0 Å². The average Bonchev–Trinajstić information content (AvgIpc) is 2.39. The summed E-state index contributed by atoms with van der Waals surface area (Å²) >= 11 is 3.16. The Labute approximate surface area is 124 Å². The highest BCUT2D eigenvalue weighted by molar-refractivity contribution is 9.10. The second-order valence-corrected chi connectivity index (χ2v) is 5.58. The molecule has 1 unspecified atom stereocenters. The Kier molecular flexibility index (Phi) is 12.1. The van der Waals surface area contributed by atoms with Gasteiger partial charge in [0.2, 0.25) is 0 Å². The van der Waals surface area contributed by atoms with Gasteiger partial charge in [0.25, 0.3) is 0 Å². The van der Waals surface area contributed by atoms with Gasteiger partial charge in [-0.15, -0.1) is 0 Å². The summed E-state index contributed by atoms with van der Waals surface area (Å²) in [5.41, 5.74) is 0. The largest absolute Gasteiger partial charge is 0.466 e. The zero-order valence-corrected chi connectivity index (χ0v) is 13.5. The Balaban J connectivity index is 3.66. The van der Waals surface area contributed by atoms with Crippen molar-refractivity contribution in [3.05, 3.63) is 0 Å². The number of unbranched alkanes of at least 4 members (excludes halogenated alkanes) is 4. The van der Waals surface area contributed by atoms with Gasteiger partial charge < -0.3 is 9.47 Å². The van der Waals surface area contributed by atoms with E-state index in [4.69, 9.17) is 9.47 Å². The van der Waals surface area contributed by atoms with Crippen molar-refractivity contribution in [2.75, 3.05) is 13.2 Å². The molecule has 0 heterocycles. The lowest BCUT2D eigenvalue weighted by atomic mass is 10.2. The highest BCUT2D eigenvalue weighted by Crippen LogP contribution is 2.10. The maximum Gasteiger partial charge on any atom is 0.320 e. The third-order valence-corrected chi connectivity index (χ3v) is 3.30. The second kappa shape index (κ2) is 12.5. The minimum Gasteiger partial charge on any atom is -0.466 e. The molecule has 0 aliphatic heterocycles. The minimum absolute atomic E-state index is 0.0265. The zero-order chi connectivity index (χ0) is 14.5. The van der Waals surface area contributed by atoms with Crippen LogP contribution >= 0.6 is 15.9 Å². The van der Waals surface area contributed by atoms with Gasteiger partial charge in [-0.1, -0.05) is 55.5 Å². The molecule has 0 fully saturated rings. The van der Waals surface area contributed by atoms with E-state index in [1.807, 2.05) is 0 Å². The molecule has 5 heteroatoms. The molecule has 0 rings (SSSR count). The Morgan fingerprint density at radius 2 is 1.47 bits per heavy atom. The maximum atomic E-state index is 11.5. The lowest BCUT2D eigenvalue weighted by molar-refractivity contribution is -0.149. The van der Waals surface area contributed by atoms with Crippen LogP contribution in [0, 0.1) is 0 Å². The summed E-state index contributed by atoms with van der Waals surface area (Å²) in [5, 5.41) is 0. The van der Waals surface area contributed by atoms with Crippen molar-refractivity contribution in [2.45, 2.75) is 63.6 Å². The summed E-state index contributed by atoms with van der Waals surface area (Å²) in [5.74, 6) is -0.745. The molecule has 0 aliphatic carbocycles. The van der Waals surface area contributed by atoms with Gasteiger partial charge in [-0.2, -0.15) is 0 Å². The number of carbonyl (C=O) groups excluding carboxylic acids is 2. The van der Waals surface area contributed by atoms with E-state index in [0.29, 0.717) is 13.2 Å². The molecule has 0 aliphatic rings. The van der Waals surface area contributed by atoms with Crippen LogP contribution in [0.15, 0.2) is 0 Å². The lowest BCUT2D eigenvalue weighted by Crippen LogP contribution is -2.22. The van der Waals surface area contributed by atoms with Gasteiger partial charge >= 0.3 is 11.9 Å². The number of rotatable bonds is 11. The van der Waals surface area contributed by atoms with Crippen LogP contribution in [0.25, 0.3) is 0 Å². The Bertz CT molecular complexity index is 256. The third kappa shape index (κ3) is 11.0. The smallest absolute Gasteiger partial charge is 0.320 e. The molecule has 4 nitrogen and oxygen atoms in total. The molecular formula is C14H25BrO4. The highest BCUT2D eigenvalue weighted by Gasteiger charge is 2.20. The van der Waals surface area contributed by atoms with Crippen molar-refractivity contribution in [2.24, 2.45) is 0 Å². The summed E-state index contributed by atoms with van der Waals surface area (Å²) in [6, 6.07) is 0. The molecule has 1 atom stereocenters. The molecule has 0 bridgehead atoms. The first-order valence-corrected chi connectivity index (χ1v) is 7.99. The number of esters is 2. The molecule has 0 aromatic rings. The van der Waals surface area contributed by atoms with Crippen molar-refractivity contribution in [1.29, 1.82) is 0 Å². The van der Waals surface area contributed by atoms with Crippen molar-refractivity contribution in [3.8, 4) is 0 Å². The van der Waals surface area contributed by atoms with Crippen LogP contribution in [0.2, 0.25) is 0 Å². The van der Waals surface area contributed by atoms with Crippen molar-refractivity contribution < 1.29 is 19.1 Å². The topological polar surface area (TPSA) is 52.6 Å². The Morgan fingerprint density at radius 1 is 0.947 bits per heavy atom. The normalized spacial score (nSPS) is 11.9. The first kappa shape index (κ1) is 18.4. The molecular weight excluding hydrogens is 312 g/mol. The molecule has 0 amide bonds. The minimum atomic E-state index is -0.604. The van der Waals surface area contributed by atoms with Crippen molar-refractivity contribution in [1.82, 2.24) is 0 Å². The summed E-state index contributed by atoms with van der Waals surface area (Å²) in [4.78, 5) is 22.4. The highest BCUT2D eigenvalue weighted by atomic mass is 79.9. The van der Waals surface area contributed by atoms with Crippen LogP contribution in [-0.2, 0) is 19.1 Å². The van der Waals surface area contributed by atoms with Crippen LogP contribution in [0.3, 0.4) is 0 Å². The van der Waals surface area contributed by atoms with Gasteiger partial charge in [-0.3, -0.25) is 9.59 Å². The molecule has 0 aromatic carbocycles. The van der Waals surface area contributed by atoms with Gasteiger partial charge in [-0.25, -0.2) is 0 Å². The molecule has 0 aromatic heterocycles. The van der Waals surface area contributed by atoms with E-state index in [9.17, 15) is 9.59 Å². The second-order valence-electron chi connectivity index (χ2n) is 4.47. The Morgan fingerprint density at radius 3 is 2.00 bits per heavy atom. The Hall–Kier alpha value is -0.580. The van der Waals surface area contributed by atoms with E-state index in [0.717, 1.165) is 38.5 Å². The number of ether oxygens (including phenoxy) is 2. The van der Waals surface area contributed by atoms with E-state index in [1.54, 1.807) is 0 Å². The van der Waals surface area contributed by atoms with E-state index in [1.165, 1.54) is 0 Å². The SMILES string of the molecule is CCCCCOC(=O)CC(Br)C(=O)OCCCCC. The van der Waals surface area contributed by atoms with Crippen LogP contribution in [-0.4, -0.2) is 30.0 Å². The lowest BCUT2D eigenvalue weighted by Gasteiger charge is -2.10. The van der Waals surface area contributed by atoms with E-state index in [2.05, 4.69) is 29.8 Å². The average molecular weight is 337 g/mol. The molecule has 19 heavy (non-hydrogen) atoms. The summed E-state index contributed by atoms with van der Waals surface area (Å²) < 4.78 is 10.1. The first-order chi connectivity index (χ1) is 9.11. The first-order valence-electron chi connectivity index (χ1n) is 7.08. The van der Waals surface area contributed by atoms with Gasteiger partial charge in [-0.05, 0) is 12.8 Å². The number of halogens is 1. The van der Waals surface area contributed by atoms with Crippen LogP contribution < -0.4 is 0 Å². The predicted octanol–water partition coefficient (Wildman–Crippen LogP) is 3.61. The summed E-state index contributed by atoms with van der Waals surface area (Å²) in [6.45, 7) is 5.02. The molecule has 0 spiro atoms. The number of carbonyl (C=O) groups is 2. The van der Waals surface area contributed by atoms with Gasteiger partial charge in [0.15, 0.2) is 0 Å².